The zero-order chi connectivity index (χ0) is 15.9. The first-order chi connectivity index (χ1) is 10.5. The monoisotopic (exact) mass is 315 g/mol. The minimum atomic E-state index is -0.485. The third kappa shape index (κ3) is 2.40. The second kappa shape index (κ2) is 5.15. The lowest BCUT2D eigenvalue weighted by Gasteiger charge is -1.93. The third-order valence-corrected chi connectivity index (χ3v) is 4.07. The minimum absolute atomic E-state index is 0.0151. The molecule has 0 N–H and O–H groups in total. The van der Waals surface area contributed by atoms with Gasteiger partial charge in [-0.2, -0.15) is 4.98 Å². The van der Waals surface area contributed by atoms with Crippen LogP contribution >= 0.6 is 11.3 Å². The van der Waals surface area contributed by atoms with Crippen molar-refractivity contribution in [1.29, 1.82) is 0 Å². The number of hydrogen-bond acceptors (Lipinski definition) is 6. The van der Waals surface area contributed by atoms with Crippen LogP contribution in [0.2, 0.25) is 0 Å². The number of hydrogen-bond donors (Lipinski definition) is 0. The molecule has 8 heteroatoms. The van der Waals surface area contributed by atoms with Crippen LogP contribution in [-0.2, 0) is 0 Å². The zero-order valence-electron chi connectivity index (χ0n) is 11.3. The molecule has 7 nitrogen and oxygen atoms in total. The van der Waals surface area contributed by atoms with Gasteiger partial charge in [-0.25, -0.2) is 0 Å². The van der Waals surface area contributed by atoms with Crippen LogP contribution in [0.3, 0.4) is 0 Å². The lowest BCUT2D eigenvalue weighted by molar-refractivity contribution is -0.384. The summed E-state index contributed by atoms with van der Waals surface area (Å²) in [4.78, 5) is 38.0. The van der Waals surface area contributed by atoms with Crippen molar-refractivity contribution in [2.24, 2.45) is 0 Å². The van der Waals surface area contributed by atoms with E-state index >= 15 is 0 Å². The molecule has 0 aliphatic carbocycles. The van der Waals surface area contributed by atoms with Crippen molar-refractivity contribution in [3.8, 4) is 0 Å². The molecule has 0 saturated carbocycles. The van der Waals surface area contributed by atoms with Gasteiger partial charge in [0.2, 0.25) is 4.96 Å². The van der Waals surface area contributed by atoms with E-state index in [1.165, 1.54) is 22.6 Å². The largest absolute Gasteiger partial charge is 0.274 e. The molecule has 0 radical (unpaired) electrons. The van der Waals surface area contributed by atoms with E-state index in [4.69, 9.17) is 0 Å². The number of nitrogens with zero attached hydrogens (tertiary/aromatic N) is 3. The van der Waals surface area contributed by atoms with Crippen LogP contribution in [0.15, 0.2) is 39.9 Å². The van der Waals surface area contributed by atoms with Gasteiger partial charge in [-0.15, -0.1) is 0 Å². The zero-order valence-corrected chi connectivity index (χ0v) is 12.2. The van der Waals surface area contributed by atoms with Gasteiger partial charge in [0.15, 0.2) is 0 Å². The molecule has 0 aliphatic rings. The Kier molecular flexibility index (Phi) is 3.30. The predicted molar refractivity (Wildman–Crippen MR) is 82.2 cm³/mol. The van der Waals surface area contributed by atoms with Gasteiger partial charge < -0.3 is 0 Å². The van der Waals surface area contributed by atoms with Crippen LogP contribution < -0.4 is 15.7 Å². The molecule has 1 aromatic carbocycles. The highest BCUT2D eigenvalue weighted by Crippen LogP contribution is 2.12. The summed E-state index contributed by atoms with van der Waals surface area (Å²) in [6.07, 6.45) is 1.62. The van der Waals surface area contributed by atoms with Crippen molar-refractivity contribution in [3.05, 3.63) is 76.9 Å². The molecule has 0 fully saturated rings. The van der Waals surface area contributed by atoms with Gasteiger partial charge in [0.05, 0.1) is 9.46 Å². The van der Waals surface area contributed by atoms with Gasteiger partial charge in [-0.05, 0) is 30.7 Å². The van der Waals surface area contributed by atoms with Crippen LogP contribution in [0.1, 0.15) is 11.3 Å². The molecule has 3 rings (SSSR count). The maximum absolute atomic E-state index is 12.3. The minimum Gasteiger partial charge on any atom is -0.267 e. The number of nitro benzene ring substituents is 1. The highest BCUT2D eigenvalue weighted by Gasteiger charge is 2.08. The van der Waals surface area contributed by atoms with Gasteiger partial charge in [-0.1, -0.05) is 11.3 Å². The van der Waals surface area contributed by atoms with Crippen molar-refractivity contribution in [2.45, 2.75) is 6.92 Å². The van der Waals surface area contributed by atoms with Crippen LogP contribution in [0.4, 0.5) is 5.69 Å². The van der Waals surface area contributed by atoms with Crippen LogP contribution in [-0.4, -0.2) is 14.3 Å². The lowest BCUT2D eigenvalue weighted by atomic mass is 10.2. The number of aryl methyl sites for hydroxylation is 1. The van der Waals surface area contributed by atoms with Gasteiger partial charge >= 0.3 is 0 Å². The fourth-order valence-corrected chi connectivity index (χ4v) is 3.10. The van der Waals surface area contributed by atoms with E-state index in [-0.39, 0.29) is 16.8 Å². The number of thiazole rings is 1. The summed E-state index contributed by atoms with van der Waals surface area (Å²) < 4.78 is 1.79. The molecular weight excluding hydrogens is 306 g/mol. The summed E-state index contributed by atoms with van der Waals surface area (Å²) in [5, 5.41) is 10.6. The SMILES string of the molecule is Cc1cc(=O)nc2s/c(=C\c3ccc([N+](=O)[O-])cc3)c(=O)n12. The molecule has 0 aliphatic heterocycles. The van der Waals surface area contributed by atoms with E-state index in [1.807, 2.05) is 0 Å². The van der Waals surface area contributed by atoms with Crippen molar-refractivity contribution in [1.82, 2.24) is 9.38 Å². The van der Waals surface area contributed by atoms with E-state index in [1.54, 1.807) is 25.1 Å². The van der Waals surface area contributed by atoms with Crippen molar-refractivity contribution >= 4 is 28.1 Å². The molecule has 0 unspecified atom stereocenters. The molecule has 22 heavy (non-hydrogen) atoms. The number of aromatic nitrogens is 2. The first-order valence-corrected chi connectivity index (χ1v) is 7.07. The lowest BCUT2D eigenvalue weighted by Crippen LogP contribution is -2.25. The van der Waals surface area contributed by atoms with Gasteiger partial charge in [0, 0.05) is 23.9 Å². The van der Waals surface area contributed by atoms with E-state index in [0.717, 1.165) is 11.3 Å². The smallest absolute Gasteiger partial charge is 0.267 e. The average Bonchev–Trinajstić information content (AvgIpc) is 2.75. The highest BCUT2D eigenvalue weighted by atomic mass is 32.1. The normalized spacial score (nSPS) is 12.0. The van der Waals surface area contributed by atoms with E-state index < -0.39 is 4.92 Å². The molecule has 0 bridgehead atoms. The second-order valence-corrected chi connectivity index (χ2v) is 5.63. The maximum atomic E-state index is 12.3. The van der Waals surface area contributed by atoms with E-state index in [2.05, 4.69) is 4.98 Å². The summed E-state index contributed by atoms with van der Waals surface area (Å²) in [6.45, 7) is 1.67. The topological polar surface area (TPSA) is 94.6 Å². The third-order valence-electron chi connectivity index (χ3n) is 3.10. The summed E-state index contributed by atoms with van der Waals surface area (Å²) in [7, 11) is 0. The Morgan fingerprint density at radius 3 is 2.59 bits per heavy atom. The summed E-state index contributed by atoms with van der Waals surface area (Å²) in [6, 6.07) is 7.17. The Bertz CT molecular complexity index is 1050. The van der Waals surface area contributed by atoms with E-state index in [9.17, 15) is 19.7 Å². The second-order valence-electron chi connectivity index (χ2n) is 4.62. The van der Waals surface area contributed by atoms with Crippen molar-refractivity contribution in [2.75, 3.05) is 0 Å². The fraction of sp³-hybridized carbons (Fsp3) is 0.0714. The first kappa shape index (κ1) is 14.1. The predicted octanol–water partition coefficient (Wildman–Crippen LogP) is 0.881. The molecule has 0 saturated heterocycles. The molecule has 0 spiro atoms. The van der Waals surface area contributed by atoms with Crippen molar-refractivity contribution < 1.29 is 4.92 Å². The fourth-order valence-electron chi connectivity index (χ4n) is 2.07. The van der Waals surface area contributed by atoms with Gasteiger partial charge in [-0.3, -0.25) is 24.1 Å². The summed E-state index contributed by atoms with van der Waals surface area (Å²) in [5.41, 5.74) is 0.525. The summed E-state index contributed by atoms with van der Waals surface area (Å²) >= 11 is 1.11. The Hall–Kier alpha value is -2.87. The standard InChI is InChI=1S/C14H9N3O4S/c1-8-6-12(18)15-14-16(8)13(19)11(22-14)7-9-2-4-10(5-3-9)17(20)21/h2-7H,1H3/b11-7-. The van der Waals surface area contributed by atoms with Gasteiger partial charge in [0.1, 0.15) is 0 Å². The number of nitro groups is 1. The molecule has 0 atom stereocenters. The number of non-ortho nitro benzene ring substituents is 1. The highest BCUT2D eigenvalue weighted by molar-refractivity contribution is 7.15. The molecule has 110 valence electrons. The summed E-state index contributed by atoms with van der Waals surface area (Å²) in [5.74, 6) is 0. The molecule has 0 amide bonds. The Morgan fingerprint density at radius 2 is 1.95 bits per heavy atom. The Labute approximate surface area is 126 Å². The van der Waals surface area contributed by atoms with Crippen LogP contribution in [0.25, 0.3) is 11.0 Å². The molecule has 2 aromatic heterocycles. The number of fused-ring (bicyclic) bond motifs is 1. The quantitative estimate of drug-likeness (QED) is 0.517. The molecule has 3 aromatic rings. The van der Waals surface area contributed by atoms with Gasteiger partial charge in [0.25, 0.3) is 16.8 Å². The molecule has 2 heterocycles. The van der Waals surface area contributed by atoms with Crippen molar-refractivity contribution in [3.63, 3.8) is 0 Å². The first-order valence-electron chi connectivity index (χ1n) is 6.25. The Balaban J connectivity index is 2.19. The van der Waals surface area contributed by atoms with Crippen LogP contribution in [0.5, 0.6) is 0 Å². The molecular formula is C14H9N3O4S. The average molecular weight is 315 g/mol. The number of rotatable bonds is 2. The number of benzene rings is 1. The maximum Gasteiger partial charge on any atom is 0.274 e. The van der Waals surface area contributed by atoms with E-state index in [0.29, 0.717) is 20.8 Å². The Morgan fingerprint density at radius 1 is 1.27 bits per heavy atom. The van der Waals surface area contributed by atoms with Crippen LogP contribution in [0, 0.1) is 17.0 Å².